The third-order valence-corrected chi connectivity index (χ3v) is 4.25. The van der Waals surface area contributed by atoms with Crippen LogP contribution in [0.3, 0.4) is 0 Å². The van der Waals surface area contributed by atoms with Crippen molar-refractivity contribution in [3.8, 4) is 0 Å². The molecule has 2 heterocycles. The van der Waals surface area contributed by atoms with Crippen molar-refractivity contribution in [2.24, 2.45) is 0 Å². The number of carbonyl (C=O) groups is 1. The van der Waals surface area contributed by atoms with Gasteiger partial charge in [0, 0.05) is 31.7 Å². The summed E-state index contributed by atoms with van der Waals surface area (Å²) in [6.45, 7) is 5.32. The highest BCUT2D eigenvalue weighted by Gasteiger charge is 2.29. The smallest absolute Gasteiger partial charge is 0.251 e. The molecule has 1 aromatic carbocycles. The highest BCUT2D eigenvalue weighted by Crippen LogP contribution is 2.24. The maximum Gasteiger partial charge on any atom is 0.251 e. The van der Waals surface area contributed by atoms with Gasteiger partial charge in [-0.05, 0) is 44.9 Å². The largest absolute Gasteiger partial charge is 0.441 e. The van der Waals surface area contributed by atoms with Crippen LogP contribution < -0.4 is 5.32 Å². The Bertz CT molecular complexity index is 723. The average Bonchev–Trinajstić information content (AvgIpc) is 2.93. The lowest BCUT2D eigenvalue weighted by atomic mass is 9.94. The first-order valence-electron chi connectivity index (χ1n) is 8.30. The Morgan fingerprint density at radius 3 is 3.04 bits per heavy atom. The molecule has 2 aromatic rings. The summed E-state index contributed by atoms with van der Waals surface area (Å²) in [6.07, 6.45) is 2.26. The van der Waals surface area contributed by atoms with E-state index in [2.05, 4.69) is 10.3 Å². The molecule has 0 bridgehead atoms. The fraction of sp³-hybridized carbons (Fsp3) is 0.556. The Morgan fingerprint density at radius 2 is 2.29 bits per heavy atom. The Kier molecular flexibility index (Phi) is 4.87. The summed E-state index contributed by atoms with van der Waals surface area (Å²) < 4.78 is 16.4. The number of oxazole rings is 1. The zero-order chi connectivity index (χ0) is 17.2. The number of hydrogen-bond acceptors (Lipinski definition) is 5. The van der Waals surface area contributed by atoms with Crippen LogP contribution in [0.25, 0.3) is 11.1 Å². The minimum Gasteiger partial charge on any atom is -0.441 e. The lowest BCUT2D eigenvalue weighted by Crippen LogP contribution is -2.45. The number of methoxy groups -OCH3 is 1. The number of hydrogen-bond donors (Lipinski definition) is 1. The van der Waals surface area contributed by atoms with E-state index in [-0.39, 0.29) is 17.6 Å². The van der Waals surface area contributed by atoms with E-state index in [0.29, 0.717) is 36.7 Å². The summed E-state index contributed by atoms with van der Waals surface area (Å²) in [7, 11) is 1.64. The van der Waals surface area contributed by atoms with Gasteiger partial charge in [0.15, 0.2) is 11.5 Å². The number of rotatable bonds is 5. The molecule has 1 atom stereocenters. The fourth-order valence-corrected chi connectivity index (χ4v) is 3.03. The second-order valence-electron chi connectivity index (χ2n) is 6.80. The molecular formula is C18H24N2O4. The molecule has 0 unspecified atom stereocenters. The highest BCUT2D eigenvalue weighted by molar-refractivity contribution is 5.97. The maximum absolute atomic E-state index is 12.5. The van der Waals surface area contributed by atoms with Gasteiger partial charge in [-0.15, -0.1) is 0 Å². The molecular weight excluding hydrogens is 308 g/mol. The number of ether oxygens (including phenoxy) is 2. The summed E-state index contributed by atoms with van der Waals surface area (Å²) in [6, 6.07) is 5.48. The van der Waals surface area contributed by atoms with Crippen LogP contribution in [-0.2, 0) is 15.9 Å². The summed E-state index contributed by atoms with van der Waals surface area (Å²) in [5.74, 6) is 0.532. The lowest BCUT2D eigenvalue weighted by Gasteiger charge is -2.35. The van der Waals surface area contributed by atoms with E-state index in [4.69, 9.17) is 13.9 Å². The first-order valence-corrected chi connectivity index (χ1v) is 8.30. The summed E-state index contributed by atoms with van der Waals surface area (Å²) >= 11 is 0. The van der Waals surface area contributed by atoms with Crippen molar-refractivity contribution in [3.63, 3.8) is 0 Å². The predicted molar refractivity (Wildman–Crippen MR) is 90.1 cm³/mol. The SMILES string of the molecule is COCCc1nc2ccc(C(=O)N[C@H]3CCOC(C)(C)C3)cc2o1. The normalized spacial score (nSPS) is 20.2. The van der Waals surface area contributed by atoms with Gasteiger partial charge < -0.3 is 19.2 Å². The van der Waals surface area contributed by atoms with Crippen LogP contribution >= 0.6 is 0 Å². The van der Waals surface area contributed by atoms with E-state index < -0.39 is 0 Å². The zero-order valence-electron chi connectivity index (χ0n) is 14.4. The van der Waals surface area contributed by atoms with Crippen LogP contribution in [0.15, 0.2) is 22.6 Å². The van der Waals surface area contributed by atoms with Gasteiger partial charge in [-0.3, -0.25) is 4.79 Å². The van der Waals surface area contributed by atoms with Crippen LogP contribution in [0.5, 0.6) is 0 Å². The summed E-state index contributed by atoms with van der Waals surface area (Å²) in [5.41, 5.74) is 1.77. The number of fused-ring (bicyclic) bond motifs is 1. The van der Waals surface area contributed by atoms with Crippen LogP contribution in [0.2, 0.25) is 0 Å². The van der Waals surface area contributed by atoms with Crippen LogP contribution in [0.4, 0.5) is 0 Å². The minimum atomic E-state index is -0.193. The molecule has 0 radical (unpaired) electrons. The molecule has 1 aliphatic rings. The predicted octanol–water partition coefficient (Wildman–Crippen LogP) is 2.70. The second-order valence-corrected chi connectivity index (χ2v) is 6.80. The Hall–Kier alpha value is -1.92. The molecule has 24 heavy (non-hydrogen) atoms. The molecule has 6 heteroatoms. The Morgan fingerprint density at radius 1 is 1.46 bits per heavy atom. The maximum atomic E-state index is 12.5. The van der Waals surface area contributed by atoms with Crippen LogP contribution in [0, 0.1) is 0 Å². The molecule has 130 valence electrons. The topological polar surface area (TPSA) is 73.6 Å². The van der Waals surface area contributed by atoms with Gasteiger partial charge in [-0.1, -0.05) is 0 Å². The van der Waals surface area contributed by atoms with Gasteiger partial charge in [0.05, 0.1) is 12.2 Å². The molecule has 1 N–H and O–H groups in total. The average molecular weight is 332 g/mol. The molecule has 6 nitrogen and oxygen atoms in total. The number of nitrogens with one attached hydrogen (secondary N) is 1. The second kappa shape index (κ2) is 6.91. The van der Waals surface area contributed by atoms with Gasteiger partial charge in [0.25, 0.3) is 5.91 Å². The van der Waals surface area contributed by atoms with E-state index in [1.54, 1.807) is 19.2 Å². The molecule has 1 aliphatic heterocycles. The molecule has 3 rings (SSSR count). The molecule has 1 aromatic heterocycles. The molecule has 1 amide bonds. The Balaban J connectivity index is 1.70. The van der Waals surface area contributed by atoms with Gasteiger partial charge in [-0.2, -0.15) is 0 Å². The molecule has 0 spiro atoms. The fourth-order valence-electron chi connectivity index (χ4n) is 3.03. The Labute approximate surface area is 141 Å². The highest BCUT2D eigenvalue weighted by atomic mass is 16.5. The van der Waals surface area contributed by atoms with E-state index in [9.17, 15) is 4.79 Å². The summed E-state index contributed by atoms with van der Waals surface area (Å²) in [5, 5.41) is 3.10. The van der Waals surface area contributed by atoms with E-state index in [0.717, 1.165) is 18.4 Å². The van der Waals surface area contributed by atoms with Gasteiger partial charge in [0.1, 0.15) is 5.52 Å². The lowest BCUT2D eigenvalue weighted by molar-refractivity contribution is -0.0615. The minimum absolute atomic E-state index is 0.0885. The van der Waals surface area contributed by atoms with Gasteiger partial charge >= 0.3 is 0 Å². The van der Waals surface area contributed by atoms with Crippen molar-refractivity contribution >= 4 is 17.0 Å². The number of amides is 1. The molecule has 1 saturated heterocycles. The van der Waals surface area contributed by atoms with Crippen molar-refractivity contribution in [2.75, 3.05) is 20.3 Å². The van der Waals surface area contributed by atoms with Crippen molar-refractivity contribution < 1.29 is 18.7 Å². The molecule has 0 aliphatic carbocycles. The monoisotopic (exact) mass is 332 g/mol. The first kappa shape index (κ1) is 16.9. The third-order valence-electron chi connectivity index (χ3n) is 4.25. The van der Waals surface area contributed by atoms with Crippen LogP contribution in [-0.4, -0.2) is 42.9 Å². The third kappa shape index (κ3) is 3.94. The number of nitrogens with zero attached hydrogens (tertiary/aromatic N) is 1. The standard InChI is InChI=1S/C18H24N2O4/c1-18(2)11-13(6-9-23-18)19-17(21)12-4-5-14-15(10-12)24-16(20-14)7-8-22-3/h4-5,10,13H,6-9,11H2,1-3H3,(H,19,21)/t13-/m0/s1. The quantitative estimate of drug-likeness (QED) is 0.911. The van der Waals surface area contributed by atoms with E-state index >= 15 is 0 Å². The molecule has 0 saturated carbocycles. The van der Waals surface area contributed by atoms with Gasteiger partial charge in [0.2, 0.25) is 0 Å². The summed E-state index contributed by atoms with van der Waals surface area (Å²) in [4.78, 5) is 16.9. The number of aromatic nitrogens is 1. The zero-order valence-corrected chi connectivity index (χ0v) is 14.4. The van der Waals surface area contributed by atoms with Crippen molar-refractivity contribution in [1.82, 2.24) is 10.3 Å². The van der Waals surface area contributed by atoms with E-state index in [1.165, 1.54) is 0 Å². The number of benzene rings is 1. The van der Waals surface area contributed by atoms with E-state index in [1.807, 2.05) is 19.9 Å². The van der Waals surface area contributed by atoms with Crippen molar-refractivity contribution in [1.29, 1.82) is 0 Å². The molecule has 1 fully saturated rings. The van der Waals surface area contributed by atoms with Crippen molar-refractivity contribution in [3.05, 3.63) is 29.7 Å². The van der Waals surface area contributed by atoms with Crippen molar-refractivity contribution in [2.45, 2.75) is 44.8 Å². The van der Waals surface area contributed by atoms with Crippen LogP contribution in [0.1, 0.15) is 42.9 Å². The number of carbonyl (C=O) groups excluding carboxylic acids is 1. The van der Waals surface area contributed by atoms with Gasteiger partial charge in [-0.25, -0.2) is 4.98 Å². The first-order chi connectivity index (χ1) is 11.5.